The van der Waals surface area contributed by atoms with Crippen molar-refractivity contribution in [2.45, 2.75) is 18.9 Å². The number of rotatable bonds is 3. The lowest BCUT2D eigenvalue weighted by molar-refractivity contribution is -0.146. The summed E-state index contributed by atoms with van der Waals surface area (Å²) >= 11 is 12.2. The topological polar surface area (TPSA) is 79.0 Å². The summed E-state index contributed by atoms with van der Waals surface area (Å²) in [4.78, 5) is 39.7. The van der Waals surface area contributed by atoms with Crippen LogP contribution in [-0.2, 0) is 9.59 Å². The van der Waals surface area contributed by atoms with E-state index in [1.54, 1.807) is 4.90 Å². The highest BCUT2D eigenvalue weighted by Gasteiger charge is 2.31. The first-order valence-corrected chi connectivity index (χ1v) is 9.08. The zero-order valence-corrected chi connectivity index (χ0v) is 15.8. The molecule has 26 heavy (non-hydrogen) atoms. The number of piperazine rings is 1. The van der Waals surface area contributed by atoms with Crippen molar-refractivity contribution < 1.29 is 19.1 Å². The zero-order valence-electron chi connectivity index (χ0n) is 14.3. The van der Waals surface area contributed by atoms with Crippen LogP contribution >= 0.6 is 23.2 Å². The molecule has 2 aliphatic rings. The highest BCUT2D eigenvalue weighted by atomic mass is 35.5. The van der Waals surface area contributed by atoms with Gasteiger partial charge in [0.1, 0.15) is 0 Å². The van der Waals surface area contributed by atoms with Crippen LogP contribution in [0.2, 0.25) is 10.0 Å². The molecule has 0 radical (unpaired) electrons. The summed E-state index contributed by atoms with van der Waals surface area (Å²) in [7, 11) is 1.45. The van der Waals surface area contributed by atoms with Gasteiger partial charge in [-0.2, -0.15) is 0 Å². The first kappa shape index (κ1) is 18.8. The van der Waals surface area contributed by atoms with Gasteiger partial charge in [0.05, 0.1) is 17.2 Å². The van der Waals surface area contributed by atoms with Gasteiger partial charge in [0.2, 0.25) is 0 Å². The molecule has 1 aromatic rings. The van der Waals surface area contributed by atoms with E-state index in [4.69, 9.17) is 27.9 Å². The van der Waals surface area contributed by atoms with Gasteiger partial charge in [-0.3, -0.25) is 14.4 Å². The lowest BCUT2D eigenvalue weighted by Gasteiger charge is -2.34. The molecule has 1 saturated carbocycles. The Morgan fingerprint density at radius 1 is 1.04 bits per heavy atom. The maximum atomic E-state index is 12.7. The molecular weight excluding hydrogens is 381 g/mol. The van der Waals surface area contributed by atoms with Gasteiger partial charge < -0.3 is 19.9 Å². The van der Waals surface area contributed by atoms with E-state index in [1.807, 2.05) is 0 Å². The van der Waals surface area contributed by atoms with Gasteiger partial charge in [0, 0.05) is 37.8 Å². The molecule has 2 fully saturated rings. The van der Waals surface area contributed by atoms with Crippen molar-refractivity contribution in [1.29, 1.82) is 0 Å². The van der Waals surface area contributed by atoms with Crippen LogP contribution in [0.15, 0.2) is 12.1 Å². The monoisotopic (exact) mass is 399 g/mol. The molecule has 140 valence electrons. The van der Waals surface area contributed by atoms with E-state index in [0.29, 0.717) is 37.5 Å². The summed E-state index contributed by atoms with van der Waals surface area (Å²) in [6, 6.07) is 3.16. The number of hydrogen-bond donors (Lipinski definition) is 1. The molecule has 9 heteroatoms. The minimum Gasteiger partial charge on any atom is -0.494 e. The third kappa shape index (κ3) is 4.04. The number of hydrogen-bond acceptors (Lipinski definition) is 4. The van der Waals surface area contributed by atoms with Crippen molar-refractivity contribution in [3.63, 3.8) is 0 Å². The molecule has 3 amide bonds. The number of nitrogens with zero attached hydrogens (tertiary/aromatic N) is 2. The highest BCUT2D eigenvalue weighted by molar-refractivity contribution is 6.37. The van der Waals surface area contributed by atoms with Gasteiger partial charge in [0.25, 0.3) is 5.91 Å². The average Bonchev–Trinajstić information content (AvgIpc) is 3.44. The third-order valence-corrected chi connectivity index (χ3v) is 4.97. The van der Waals surface area contributed by atoms with Crippen molar-refractivity contribution >= 4 is 40.9 Å². The smallest absolute Gasteiger partial charge is 0.312 e. The first-order valence-electron chi connectivity index (χ1n) is 8.32. The Kier molecular flexibility index (Phi) is 5.58. The molecule has 7 nitrogen and oxygen atoms in total. The van der Waals surface area contributed by atoms with Crippen LogP contribution in [0.4, 0.5) is 0 Å². The fourth-order valence-corrected chi connectivity index (χ4v) is 3.43. The molecular formula is C17H19Cl2N3O4. The molecule has 1 aliphatic heterocycles. The van der Waals surface area contributed by atoms with Gasteiger partial charge in [-0.1, -0.05) is 23.2 Å². The fraction of sp³-hybridized carbons (Fsp3) is 0.471. The Labute approximate surface area is 161 Å². The van der Waals surface area contributed by atoms with Crippen molar-refractivity contribution in [1.82, 2.24) is 15.1 Å². The molecule has 0 spiro atoms. The Morgan fingerprint density at radius 3 is 2.08 bits per heavy atom. The van der Waals surface area contributed by atoms with Crippen LogP contribution in [0.1, 0.15) is 23.2 Å². The highest BCUT2D eigenvalue weighted by Crippen LogP contribution is 2.34. The van der Waals surface area contributed by atoms with E-state index in [9.17, 15) is 14.4 Å². The molecule has 0 aromatic heterocycles. The quantitative estimate of drug-likeness (QED) is 0.782. The van der Waals surface area contributed by atoms with E-state index < -0.39 is 11.8 Å². The number of ether oxygens (including phenoxy) is 1. The lowest BCUT2D eigenvalue weighted by atomic mass is 10.1. The average molecular weight is 400 g/mol. The number of halogens is 2. The first-order chi connectivity index (χ1) is 12.4. The standard InChI is InChI=1S/C17H19Cl2N3O4/c1-26-14-12(18)8-10(9-13(14)19)16(24)21-4-6-22(7-5-21)17(25)15(23)20-11-2-3-11/h8-9,11H,2-7H2,1H3,(H,20,23). The van der Waals surface area contributed by atoms with E-state index >= 15 is 0 Å². The largest absolute Gasteiger partial charge is 0.494 e. The molecule has 1 aromatic carbocycles. The summed E-state index contributed by atoms with van der Waals surface area (Å²) in [6.07, 6.45) is 1.85. The zero-order chi connectivity index (χ0) is 18.8. The number of benzene rings is 1. The lowest BCUT2D eigenvalue weighted by Crippen LogP contribution is -2.54. The summed E-state index contributed by atoms with van der Waals surface area (Å²) in [5.74, 6) is -1.02. The van der Waals surface area contributed by atoms with E-state index in [-0.39, 0.29) is 22.0 Å². The Hall–Kier alpha value is -1.99. The second-order valence-corrected chi connectivity index (χ2v) is 7.12. The van der Waals surface area contributed by atoms with E-state index in [2.05, 4.69) is 5.32 Å². The van der Waals surface area contributed by atoms with Crippen LogP contribution in [0, 0.1) is 0 Å². The van der Waals surface area contributed by atoms with Gasteiger partial charge in [-0.05, 0) is 25.0 Å². The minimum absolute atomic E-state index is 0.138. The van der Waals surface area contributed by atoms with E-state index in [0.717, 1.165) is 12.8 Å². The Morgan fingerprint density at radius 2 is 1.58 bits per heavy atom. The summed E-state index contributed by atoms with van der Waals surface area (Å²) in [5, 5.41) is 3.20. The van der Waals surface area contributed by atoms with Crippen molar-refractivity contribution in [2.24, 2.45) is 0 Å². The third-order valence-electron chi connectivity index (χ3n) is 4.41. The predicted octanol–water partition coefficient (Wildman–Crippen LogP) is 1.56. The maximum Gasteiger partial charge on any atom is 0.312 e. The summed E-state index contributed by atoms with van der Waals surface area (Å²) in [5.41, 5.74) is 0.354. The molecule has 3 rings (SSSR count). The van der Waals surface area contributed by atoms with Gasteiger partial charge in [-0.25, -0.2) is 0 Å². The molecule has 1 aliphatic carbocycles. The van der Waals surface area contributed by atoms with Gasteiger partial charge >= 0.3 is 11.8 Å². The normalized spacial score (nSPS) is 17.0. The molecule has 0 unspecified atom stereocenters. The Bertz CT molecular complexity index is 721. The maximum absolute atomic E-state index is 12.7. The van der Waals surface area contributed by atoms with E-state index in [1.165, 1.54) is 24.1 Å². The molecule has 0 bridgehead atoms. The molecule has 1 heterocycles. The van der Waals surface area contributed by atoms with Crippen molar-refractivity contribution in [2.75, 3.05) is 33.3 Å². The summed E-state index contributed by atoms with van der Waals surface area (Å²) in [6.45, 7) is 1.28. The van der Waals surface area contributed by atoms with Crippen molar-refractivity contribution in [3.05, 3.63) is 27.7 Å². The number of carbonyl (C=O) groups excluding carboxylic acids is 3. The fourth-order valence-electron chi connectivity index (χ4n) is 2.79. The van der Waals surface area contributed by atoms with Crippen LogP contribution in [0.3, 0.4) is 0 Å². The van der Waals surface area contributed by atoms with Crippen LogP contribution in [0.5, 0.6) is 5.75 Å². The number of amides is 3. The van der Waals surface area contributed by atoms with Crippen LogP contribution in [-0.4, -0.2) is 66.9 Å². The second-order valence-electron chi connectivity index (χ2n) is 6.31. The predicted molar refractivity (Wildman–Crippen MR) is 96.7 cm³/mol. The van der Waals surface area contributed by atoms with Crippen molar-refractivity contribution in [3.8, 4) is 5.75 Å². The number of nitrogens with one attached hydrogen (secondary N) is 1. The summed E-state index contributed by atoms with van der Waals surface area (Å²) < 4.78 is 5.08. The molecule has 0 atom stereocenters. The number of carbonyl (C=O) groups is 3. The van der Waals surface area contributed by atoms with Gasteiger partial charge in [-0.15, -0.1) is 0 Å². The molecule has 1 N–H and O–H groups in total. The Balaban J connectivity index is 1.60. The van der Waals surface area contributed by atoms with Gasteiger partial charge in [0.15, 0.2) is 5.75 Å². The number of methoxy groups -OCH3 is 1. The van der Waals surface area contributed by atoms with Crippen LogP contribution < -0.4 is 10.1 Å². The second kappa shape index (κ2) is 7.72. The molecule has 1 saturated heterocycles. The SMILES string of the molecule is COc1c(Cl)cc(C(=O)N2CCN(C(=O)C(=O)NC3CC3)CC2)cc1Cl. The minimum atomic E-state index is -0.569. The van der Waals surface area contributed by atoms with Crippen LogP contribution in [0.25, 0.3) is 0 Å².